The van der Waals surface area contributed by atoms with Gasteiger partial charge in [0.15, 0.2) is 10.8 Å². The van der Waals surface area contributed by atoms with Gasteiger partial charge >= 0.3 is 0 Å². The molecule has 0 aliphatic carbocycles. The summed E-state index contributed by atoms with van der Waals surface area (Å²) in [7, 11) is 0. The summed E-state index contributed by atoms with van der Waals surface area (Å²) in [5.41, 5.74) is 0.995. The number of halogens is 2. The van der Waals surface area contributed by atoms with Crippen LogP contribution in [0.5, 0.6) is 0 Å². The van der Waals surface area contributed by atoms with E-state index in [1.54, 1.807) is 6.20 Å². The van der Waals surface area contributed by atoms with E-state index >= 15 is 0 Å². The minimum atomic E-state index is 0.625. The Labute approximate surface area is 129 Å². The van der Waals surface area contributed by atoms with Gasteiger partial charge in [0.1, 0.15) is 10.2 Å². The van der Waals surface area contributed by atoms with Crippen LogP contribution in [0.2, 0.25) is 4.34 Å². The van der Waals surface area contributed by atoms with Crippen LogP contribution in [0.1, 0.15) is 26.0 Å². The quantitative estimate of drug-likeness (QED) is 0.857. The third-order valence-corrected chi connectivity index (χ3v) is 4.36. The van der Waals surface area contributed by atoms with Crippen molar-refractivity contribution >= 4 is 44.7 Å². The largest absolute Gasteiger partial charge is 0.369 e. The fraction of sp³-hybridized carbons (Fsp3) is 0.417. The van der Waals surface area contributed by atoms with Crippen molar-refractivity contribution < 1.29 is 0 Å². The van der Waals surface area contributed by atoms with E-state index in [1.807, 2.05) is 6.92 Å². The summed E-state index contributed by atoms with van der Waals surface area (Å²) in [4.78, 5) is 13.3. The van der Waals surface area contributed by atoms with Gasteiger partial charge in [-0.15, -0.1) is 0 Å². The highest BCUT2D eigenvalue weighted by atomic mass is 79.9. The van der Waals surface area contributed by atoms with Crippen LogP contribution in [0.15, 0.2) is 10.7 Å². The Bertz CT molecular complexity index is 546. The van der Waals surface area contributed by atoms with Crippen LogP contribution in [-0.4, -0.2) is 21.5 Å². The fourth-order valence-electron chi connectivity index (χ4n) is 1.63. The minimum absolute atomic E-state index is 0.625. The number of rotatable bonds is 5. The van der Waals surface area contributed by atoms with Gasteiger partial charge in [-0.2, -0.15) is 0 Å². The zero-order chi connectivity index (χ0) is 13.8. The number of aromatic nitrogens is 3. The summed E-state index contributed by atoms with van der Waals surface area (Å²) in [6.45, 7) is 4.97. The first kappa shape index (κ1) is 14.7. The van der Waals surface area contributed by atoms with Crippen molar-refractivity contribution in [3.63, 3.8) is 0 Å². The summed E-state index contributed by atoms with van der Waals surface area (Å²) >= 11 is 10.9. The third kappa shape index (κ3) is 3.43. The molecule has 0 saturated carbocycles. The van der Waals surface area contributed by atoms with Crippen molar-refractivity contribution in [2.75, 3.05) is 11.9 Å². The van der Waals surface area contributed by atoms with Crippen molar-refractivity contribution in [3.05, 3.63) is 20.7 Å². The Morgan fingerprint density at radius 3 is 2.74 bits per heavy atom. The Balaban J connectivity index is 2.48. The van der Waals surface area contributed by atoms with Gasteiger partial charge in [0.25, 0.3) is 0 Å². The van der Waals surface area contributed by atoms with Crippen molar-refractivity contribution in [1.29, 1.82) is 0 Å². The zero-order valence-corrected chi connectivity index (χ0v) is 13.9. The molecule has 7 heteroatoms. The number of hydrogen-bond donors (Lipinski definition) is 1. The fourth-order valence-corrected chi connectivity index (χ4v) is 3.00. The molecular weight excluding hydrogens is 348 g/mol. The molecule has 1 N–H and O–H groups in total. The standard InChI is InChI=1S/C12H14BrClN4S/c1-3-5-7-9(13)10(15-4-2)18-11(17-7)12-16-6-8(14)19-12/h6H,3-5H2,1-2H3,(H,15,17,18). The van der Waals surface area contributed by atoms with E-state index in [0.717, 1.165) is 40.4 Å². The molecule has 0 aliphatic rings. The molecule has 0 atom stereocenters. The van der Waals surface area contributed by atoms with E-state index in [4.69, 9.17) is 11.6 Å². The second kappa shape index (κ2) is 6.63. The van der Waals surface area contributed by atoms with E-state index in [9.17, 15) is 0 Å². The minimum Gasteiger partial charge on any atom is -0.369 e. The molecule has 0 spiro atoms. The molecule has 0 unspecified atom stereocenters. The summed E-state index contributed by atoms with van der Waals surface area (Å²) in [6.07, 6.45) is 3.55. The van der Waals surface area contributed by atoms with Crippen LogP contribution in [0, 0.1) is 0 Å². The van der Waals surface area contributed by atoms with E-state index in [-0.39, 0.29) is 0 Å². The first-order valence-electron chi connectivity index (χ1n) is 6.07. The number of nitrogens with one attached hydrogen (secondary N) is 1. The molecule has 0 bridgehead atoms. The monoisotopic (exact) mass is 360 g/mol. The molecule has 102 valence electrons. The van der Waals surface area contributed by atoms with Gasteiger partial charge in [0.05, 0.1) is 16.4 Å². The Kier molecular flexibility index (Phi) is 5.13. The summed E-state index contributed by atoms with van der Waals surface area (Å²) in [5.74, 6) is 1.43. The third-order valence-electron chi connectivity index (χ3n) is 2.42. The van der Waals surface area contributed by atoms with E-state index in [1.165, 1.54) is 11.3 Å². The van der Waals surface area contributed by atoms with Crippen LogP contribution >= 0.6 is 38.9 Å². The van der Waals surface area contributed by atoms with E-state index in [0.29, 0.717) is 10.2 Å². The SMILES string of the molecule is CCCc1nc(-c2ncc(Cl)s2)nc(NCC)c1Br. The average molecular weight is 362 g/mol. The smallest absolute Gasteiger partial charge is 0.191 e. The maximum absolute atomic E-state index is 5.92. The predicted molar refractivity (Wildman–Crippen MR) is 84.0 cm³/mol. The van der Waals surface area contributed by atoms with Crippen molar-refractivity contribution in [2.45, 2.75) is 26.7 Å². The highest BCUT2D eigenvalue weighted by Gasteiger charge is 2.14. The summed E-state index contributed by atoms with van der Waals surface area (Å²) in [5, 5.41) is 3.98. The normalized spacial score (nSPS) is 10.7. The van der Waals surface area contributed by atoms with Crippen LogP contribution in [0.25, 0.3) is 10.8 Å². The first-order chi connectivity index (χ1) is 9.15. The molecule has 4 nitrogen and oxygen atoms in total. The number of nitrogens with zero attached hydrogens (tertiary/aromatic N) is 3. The highest BCUT2D eigenvalue weighted by molar-refractivity contribution is 9.10. The number of thiazole rings is 1. The predicted octanol–water partition coefficient (Wildman–Crippen LogP) is 4.40. The summed E-state index contributed by atoms with van der Waals surface area (Å²) in [6, 6.07) is 0. The molecule has 2 heterocycles. The van der Waals surface area contributed by atoms with Crippen LogP contribution in [0.3, 0.4) is 0 Å². The molecule has 2 aromatic rings. The Hall–Kier alpha value is -0.720. The molecule has 0 radical (unpaired) electrons. The van der Waals surface area contributed by atoms with Crippen LogP contribution < -0.4 is 5.32 Å². The molecular formula is C12H14BrClN4S. The lowest BCUT2D eigenvalue weighted by atomic mass is 10.2. The van der Waals surface area contributed by atoms with Crippen LogP contribution in [-0.2, 0) is 6.42 Å². The molecule has 0 aliphatic heterocycles. The van der Waals surface area contributed by atoms with Gasteiger partial charge in [-0.25, -0.2) is 15.0 Å². The molecule has 19 heavy (non-hydrogen) atoms. The molecule has 2 aromatic heterocycles. The van der Waals surface area contributed by atoms with Gasteiger partial charge < -0.3 is 5.32 Å². The number of aryl methyl sites for hydroxylation is 1. The van der Waals surface area contributed by atoms with E-state index in [2.05, 4.69) is 43.1 Å². The molecule has 0 fully saturated rings. The first-order valence-corrected chi connectivity index (χ1v) is 8.06. The lowest BCUT2D eigenvalue weighted by molar-refractivity contribution is 0.867. The Morgan fingerprint density at radius 2 is 2.16 bits per heavy atom. The number of anilines is 1. The lowest BCUT2D eigenvalue weighted by Gasteiger charge is -2.10. The van der Waals surface area contributed by atoms with Gasteiger partial charge in [0, 0.05) is 6.54 Å². The van der Waals surface area contributed by atoms with Crippen molar-refractivity contribution in [1.82, 2.24) is 15.0 Å². The van der Waals surface area contributed by atoms with Gasteiger partial charge in [-0.1, -0.05) is 36.3 Å². The van der Waals surface area contributed by atoms with Gasteiger partial charge in [-0.3, -0.25) is 0 Å². The lowest BCUT2D eigenvalue weighted by Crippen LogP contribution is -2.06. The Morgan fingerprint density at radius 1 is 1.37 bits per heavy atom. The highest BCUT2D eigenvalue weighted by Crippen LogP contribution is 2.31. The molecule has 0 aromatic carbocycles. The average Bonchev–Trinajstić information content (AvgIpc) is 2.81. The van der Waals surface area contributed by atoms with Crippen molar-refractivity contribution in [3.8, 4) is 10.8 Å². The maximum Gasteiger partial charge on any atom is 0.191 e. The van der Waals surface area contributed by atoms with Gasteiger partial charge in [-0.05, 0) is 29.3 Å². The molecule has 0 amide bonds. The summed E-state index contributed by atoms with van der Waals surface area (Å²) < 4.78 is 1.58. The van der Waals surface area contributed by atoms with Gasteiger partial charge in [0.2, 0.25) is 0 Å². The number of hydrogen-bond acceptors (Lipinski definition) is 5. The van der Waals surface area contributed by atoms with Crippen molar-refractivity contribution in [2.24, 2.45) is 0 Å². The zero-order valence-electron chi connectivity index (χ0n) is 10.7. The van der Waals surface area contributed by atoms with E-state index < -0.39 is 0 Å². The van der Waals surface area contributed by atoms with Crippen LogP contribution in [0.4, 0.5) is 5.82 Å². The maximum atomic E-state index is 5.92. The topological polar surface area (TPSA) is 50.7 Å². The molecule has 0 saturated heterocycles. The second-order valence-corrected chi connectivity index (χ2v) is 6.36. The molecule has 2 rings (SSSR count). The second-order valence-electron chi connectivity index (χ2n) is 3.91.